The van der Waals surface area contributed by atoms with Crippen molar-refractivity contribution in [3.8, 4) is 22.9 Å². The Labute approximate surface area is 123 Å². The number of aromatic nitrogens is 2. The van der Waals surface area contributed by atoms with Gasteiger partial charge in [0.05, 0.1) is 17.7 Å². The fourth-order valence-electron chi connectivity index (χ4n) is 1.79. The van der Waals surface area contributed by atoms with Gasteiger partial charge in [-0.1, -0.05) is 11.6 Å². The Morgan fingerprint density at radius 2 is 1.95 bits per heavy atom. The Morgan fingerprint density at radius 3 is 2.74 bits per heavy atom. The molecule has 3 rings (SSSR count). The van der Waals surface area contributed by atoms with Crippen LogP contribution in [0.3, 0.4) is 0 Å². The first-order valence-corrected chi connectivity index (χ1v) is 6.99. The summed E-state index contributed by atoms with van der Waals surface area (Å²) in [6.45, 7) is 1.32. The lowest BCUT2D eigenvalue weighted by atomic mass is 10.2. The summed E-state index contributed by atoms with van der Waals surface area (Å²) in [4.78, 5) is 8.47. The molecule has 1 aromatic heterocycles. The molecule has 98 valence electrons. The highest BCUT2D eigenvalue weighted by atomic mass is 79.9. The molecule has 4 nitrogen and oxygen atoms in total. The quantitative estimate of drug-likeness (QED) is 0.742. The number of fused-ring (bicyclic) bond motifs is 1. The number of ether oxygens (including phenoxy) is 2. The van der Waals surface area contributed by atoms with E-state index >= 15 is 0 Å². The predicted molar refractivity (Wildman–Crippen MR) is 75.8 cm³/mol. The fraction of sp³-hybridized carbons (Fsp3) is 0.231. The number of hydrogen-bond donors (Lipinski definition) is 0. The first kappa shape index (κ1) is 12.7. The summed E-state index contributed by atoms with van der Waals surface area (Å²) in [6, 6.07) is 5.64. The zero-order chi connectivity index (χ0) is 13.2. The van der Waals surface area contributed by atoms with E-state index in [9.17, 15) is 0 Å². The van der Waals surface area contributed by atoms with Gasteiger partial charge in [-0.05, 0) is 34.1 Å². The van der Waals surface area contributed by atoms with Crippen molar-refractivity contribution in [3.63, 3.8) is 0 Å². The molecule has 1 aliphatic heterocycles. The molecule has 0 amide bonds. The molecule has 2 heterocycles. The topological polar surface area (TPSA) is 44.2 Å². The minimum Gasteiger partial charge on any atom is -0.490 e. The molecule has 0 radical (unpaired) electrons. The second kappa shape index (κ2) is 5.35. The Bertz CT molecular complexity index is 622. The number of benzene rings is 1. The second-order valence-electron chi connectivity index (χ2n) is 4.04. The van der Waals surface area contributed by atoms with Gasteiger partial charge in [0.15, 0.2) is 17.3 Å². The molecule has 6 heteroatoms. The molecule has 0 saturated carbocycles. The summed E-state index contributed by atoms with van der Waals surface area (Å²) in [5.41, 5.74) is 0.846. The minimum absolute atomic E-state index is 0.386. The van der Waals surface area contributed by atoms with E-state index in [1.54, 1.807) is 6.20 Å². The number of rotatable bonds is 1. The van der Waals surface area contributed by atoms with Crippen molar-refractivity contribution in [1.82, 2.24) is 9.97 Å². The normalized spacial score (nSPS) is 14.0. The largest absolute Gasteiger partial charge is 0.490 e. The fourth-order valence-corrected chi connectivity index (χ4v) is 2.11. The Kier molecular flexibility index (Phi) is 3.57. The maximum atomic E-state index is 5.98. The molecule has 0 aliphatic carbocycles. The Hall–Kier alpha value is -1.33. The van der Waals surface area contributed by atoms with E-state index in [2.05, 4.69) is 25.9 Å². The average molecular weight is 342 g/mol. The summed E-state index contributed by atoms with van der Waals surface area (Å²) in [6.07, 6.45) is 2.51. The molecule has 1 aromatic carbocycles. The van der Waals surface area contributed by atoms with Gasteiger partial charge in [0, 0.05) is 18.2 Å². The molecule has 0 spiro atoms. The Balaban J connectivity index is 2.01. The third-order valence-electron chi connectivity index (χ3n) is 2.71. The lowest BCUT2D eigenvalue weighted by molar-refractivity contribution is 0.297. The lowest BCUT2D eigenvalue weighted by Crippen LogP contribution is -1.97. The van der Waals surface area contributed by atoms with Gasteiger partial charge in [-0.3, -0.25) is 0 Å². The van der Waals surface area contributed by atoms with Crippen molar-refractivity contribution < 1.29 is 9.47 Å². The first-order chi connectivity index (χ1) is 9.24. The first-order valence-electron chi connectivity index (χ1n) is 5.82. The molecule has 2 aromatic rings. The van der Waals surface area contributed by atoms with Gasteiger partial charge in [-0.25, -0.2) is 9.97 Å². The van der Waals surface area contributed by atoms with Crippen molar-refractivity contribution in [2.75, 3.05) is 13.2 Å². The van der Waals surface area contributed by atoms with Crippen molar-refractivity contribution in [2.45, 2.75) is 6.42 Å². The van der Waals surface area contributed by atoms with Gasteiger partial charge in [0.25, 0.3) is 0 Å². The van der Waals surface area contributed by atoms with E-state index < -0.39 is 0 Å². The molecule has 1 aliphatic rings. The molecule has 0 unspecified atom stereocenters. The molecular weight excluding hydrogens is 332 g/mol. The molecular formula is C13H10BrClN2O2. The van der Waals surface area contributed by atoms with Crippen LogP contribution in [0.5, 0.6) is 11.5 Å². The van der Waals surface area contributed by atoms with Crippen LogP contribution in [-0.2, 0) is 0 Å². The molecule has 0 N–H and O–H groups in total. The van der Waals surface area contributed by atoms with Crippen LogP contribution in [0.1, 0.15) is 6.42 Å². The summed E-state index contributed by atoms with van der Waals surface area (Å²) in [7, 11) is 0. The molecule has 0 fully saturated rings. The molecule has 0 atom stereocenters. The van der Waals surface area contributed by atoms with Crippen LogP contribution in [0, 0.1) is 0 Å². The van der Waals surface area contributed by atoms with E-state index in [-0.39, 0.29) is 0 Å². The lowest BCUT2D eigenvalue weighted by Gasteiger charge is -2.09. The van der Waals surface area contributed by atoms with Crippen LogP contribution in [0.25, 0.3) is 11.4 Å². The summed E-state index contributed by atoms with van der Waals surface area (Å²) in [5.74, 6) is 2.03. The third-order valence-corrected chi connectivity index (χ3v) is 3.80. The van der Waals surface area contributed by atoms with Crippen molar-refractivity contribution >= 4 is 27.5 Å². The van der Waals surface area contributed by atoms with Crippen molar-refractivity contribution in [3.05, 3.63) is 34.0 Å². The summed E-state index contributed by atoms with van der Waals surface area (Å²) in [5, 5.41) is 0.386. The van der Waals surface area contributed by atoms with Gasteiger partial charge >= 0.3 is 0 Å². The monoisotopic (exact) mass is 340 g/mol. The summed E-state index contributed by atoms with van der Waals surface area (Å²) < 4.78 is 11.9. The van der Waals surface area contributed by atoms with Gasteiger partial charge in [0.2, 0.25) is 0 Å². The molecule has 0 saturated heterocycles. The van der Waals surface area contributed by atoms with Gasteiger partial charge in [0.1, 0.15) is 5.15 Å². The van der Waals surface area contributed by atoms with Crippen LogP contribution in [0.2, 0.25) is 5.15 Å². The standard InChI is InChI=1S/C13H10BrClN2O2/c14-9-7-16-13(17-12(9)15)8-2-3-10-11(6-8)19-5-1-4-18-10/h2-3,6-7H,1,4-5H2. The van der Waals surface area contributed by atoms with Gasteiger partial charge < -0.3 is 9.47 Å². The maximum absolute atomic E-state index is 5.98. The number of hydrogen-bond acceptors (Lipinski definition) is 4. The molecule has 19 heavy (non-hydrogen) atoms. The predicted octanol–water partition coefficient (Wildman–Crippen LogP) is 3.72. The van der Waals surface area contributed by atoms with Crippen LogP contribution in [0.15, 0.2) is 28.9 Å². The van der Waals surface area contributed by atoms with E-state index in [0.717, 1.165) is 23.5 Å². The van der Waals surface area contributed by atoms with Crippen molar-refractivity contribution in [1.29, 1.82) is 0 Å². The van der Waals surface area contributed by atoms with E-state index in [4.69, 9.17) is 21.1 Å². The Morgan fingerprint density at radius 1 is 1.16 bits per heavy atom. The van der Waals surface area contributed by atoms with Crippen LogP contribution in [-0.4, -0.2) is 23.2 Å². The molecule has 0 bridgehead atoms. The van der Waals surface area contributed by atoms with Gasteiger partial charge in [-0.15, -0.1) is 0 Å². The minimum atomic E-state index is 0.386. The van der Waals surface area contributed by atoms with Crippen LogP contribution >= 0.6 is 27.5 Å². The third kappa shape index (κ3) is 2.67. The summed E-state index contributed by atoms with van der Waals surface area (Å²) >= 11 is 9.25. The maximum Gasteiger partial charge on any atom is 0.161 e. The SMILES string of the molecule is Clc1nc(-c2ccc3c(c2)OCCCO3)ncc1Br. The van der Waals surface area contributed by atoms with Crippen LogP contribution < -0.4 is 9.47 Å². The smallest absolute Gasteiger partial charge is 0.161 e. The number of halogens is 2. The number of nitrogens with zero attached hydrogens (tertiary/aromatic N) is 2. The second-order valence-corrected chi connectivity index (χ2v) is 5.26. The van der Waals surface area contributed by atoms with Crippen molar-refractivity contribution in [2.24, 2.45) is 0 Å². The highest BCUT2D eigenvalue weighted by Crippen LogP contribution is 2.33. The zero-order valence-electron chi connectivity index (χ0n) is 9.90. The van der Waals surface area contributed by atoms with Gasteiger partial charge in [-0.2, -0.15) is 0 Å². The average Bonchev–Trinajstić information content (AvgIpc) is 2.66. The van der Waals surface area contributed by atoms with E-state index in [1.807, 2.05) is 18.2 Å². The highest BCUT2D eigenvalue weighted by molar-refractivity contribution is 9.10. The highest BCUT2D eigenvalue weighted by Gasteiger charge is 2.13. The van der Waals surface area contributed by atoms with Crippen LogP contribution in [0.4, 0.5) is 0 Å². The van der Waals surface area contributed by atoms with E-state index in [1.165, 1.54) is 0 Å². The zero-order valence-corrected chi connectivity index (χ0v) is 12.2. The van der Waals surface area contributed by atoms with E-state index in [0.29, 0.717) is 28.7 Å².